The number of ketones is 1. The predicted octanol–water partition coefficient (Wildman–Crippen LogP) is 6.71. The number of ether oxygens (including phenoxy) is 1. The van der Waals surface area contributed by atoms with Gasteiger partial charge in [0.2, 0.25) is 0 Å². The van der Waals surface area contributed by atoms with E-state index in [2.05, 4.69) is 11.9 Å². The van der Waals surface area contributed by atoms with Crippen molar-refractivity contribution in [2.45, 2.75) is 32.7 Å². The lowest BCUT2D eigenvalue weighted by molar-refractivity contribution is -0.137. The summed E-state index contributed by atoms with van der Waals surface area (Å²) in [6.45, 7) is 8.38. The van der Waals surface area contributed by atoms with Gasteiger partial charge in [0, 0.05) is 41.0 Å². The van der Waals surface area contributed by atoms with Crippen molar-refractivity contribution < 1.29 is 24.2 Å². The second-order valence-electron chi connectivity index (χ2n) is 10.4. The molecule has 0 aliphatic heterocycles. The Kier molecular flexibility index (Phi) is 10.5. The van der Waals surface area contributed by atoms with Crippen molar-refractivity contribution in [2.24, 2.45) is 0 Å². The molecule has 1 amide bonds. The minimum atomic E-state index is -1.02. The Balaban J connectivity index is 1.35. The number of nitrogens with zero attached hydrogens (tertiary/aromatic N) is 1. The lowest BCUT2D eigenvalue weighted by Gasteiger charge is -2.23. The molecule has 0 heterocycles. The highest BCUT2D eigenvalue weighted by Crippen LogP contribution is 2.23. The van der Waals surface area contributed by atoms with E-state index < -0.39 is 12.0 Å². The molecule has 43 heavy (non-hydrogen) atoms. The molecule has 0 unspecified atom stereocenters. The van der Waals surface area contributed by atoms with Gasteiger partial charge in [0.1, 0.15) is 11.8 Å². The van der Waals surface area contributed by atoms with Crippen LogP contribution < -0.4 is 15.0 Å². The molecule has 0 aliphatic carbocycles. The van der Waals surface area contributed by atoms with Crippen LogP contribution in [-0.2, 0) is 16.0 Å². The van der Waals surface area contributed by atoms with Crippen LogP contribution in [0, 0.1) is 6.92 Å². The number of para-hydroxylation sites is 1. The van der Waals surface area contributed by atoms with Gasteiger partial charge < -0.3 is 20.1 Å². The fourth-order valence-electron chi connectivity index (χ4n) is 4.68. The van der Waals surface area contributed by atoms with Gasteiger partial charge in [-0.15, -0.1) is 0 Å². The SMILES string of the molecule is C=C(C)C(=O)N(CCCOc1ccc(C[C@H](Nc2ccccc2C(=O)c2ccccc2)C(=O)O)cc1)c1cccc(C)c1. The fourth-order valence-corrected chi connectivity index (χ4v) is 4.68. The van der Waals surface area contributed by atoms with Crippen molar-refractivity contribution >= 4 is 29.0 Å². The summed E-state index contributed by atoms with van der Waals surface area (Å²) >= 11 is 0. The number of carboxylic acids is 1. The molecule has 220 valence electrons. The number of aliphatic carboxylic acids is 1. The minimum absolute atomic E-state index is 0.122. The maximum Gasteiger partial charge on any atom is 0.326 e. The van der Waals surface area contributed by atoms with Crippen LogP contribution >= 0.6 is 0 Å². The van der Waals surface area contributed by atoms with E-state index in [1.807, 2.05) is 49.4 Å². The first kappa shape index (κ1) is 30.8. The van der Waals surface area contributed by atoms with Crippen molar-refractivity contribution in [1.82, 2.24) is 0 Å². The van der Waals surface area contributed by atoms with Gasteiger partial charge in [-0.2, -0.15) is 0 Å². The molecule has 4 aromatic carbocycles. The molecule has 7 nitrogen and oxygen atoms in total. The van der Waals surface area contributed by atoms with Crippen LogP contribution in [0.25, 0.3) is 0 Å². The number of anilines is 2. The van der Waals surface area contributed by atoms with Crippen molar-refractivity contribution in [3.63, 3.8) is 0 Å². The van der Waals surface area contributed by atoms with Crippen molar-refractivity contribution in [1.29, 1.82) is 0 Å². The lowest BCUT2D eigenvalue weighted by atomic mass is 10.00. The Morgan fingerprint density at radius 1 is 0.907 bits per heavy atom. The topological polar surface area (TPSA) is 95.9 Å². The normalized spacial score (nSPS) is 11.3. The Morgan fingerprint density at radius 3 is 2.28 bits per heavy atom. The van der Waals surface area contributed by atoms with E-state index in [0.29, 0.717) is 47.7 Å². The summed E-state index contributed by atoms with van der Waals surface area (Å²) in [6, 6.07) is 29.9. The van der Waals surface area contributed by atoms with Gasteiger partial charge >= 0.3 is 5.97 Å². The molecule has 0 bridgehead atoms. The zero-order chi connectivity index (χ0) is 30.8. The summed E-state index contributed by atoms with van der Waals surface area (Å²) in [6.07, 6.45) is 0.818. The predicted molar refractivity (Wildman–Crippen MR) is 170 cm³/mol. The first-order valence-corrected chi connectivity index (χ1v) is 14.2. The van der Waals surface area contributed by atoms with E-state index in [1.165, 1.54) is 0 Å². The Labute approximate surface area is 252 Å². The minimum Gasteiger partial charge on any atom is -0.494 e. The first-order valence-electron chi connectivity index (χ1n) is 14.2. The summed E-state index contributed by atoms with van der Waals surface area (Å²) in [5, 5.41) is 13.0. The van der Waals surface area contributed by atoms with Gasteiger partial charge in [0.15, 0.2) is 5.78 Å². The van der Waals surface area contributed by atoms with E-state index in [0.717, 1.165) is 16.8 Å². The number of aryl methyl sites for hydroxylation is 1. The number of carboxylic acid groups (broad SMARTS) is 1. The van der Waals surface area contributed by atoms with Crippen LogP contribution in [0.3, 0.4) is 0 Å². The maximum absolute atomic E-state index is 13.1. The van der Waals surface area contributed by atoms with Crippen LogP contribution in [0.1, 0.15) is 40.4 Å². The van der Waals surface area contributed by atoms with E-state index in [9.17, 15) is 19.5 Å². The van der Waals surface area contributed by atoms with Crippen LogP contribution in [-0.4, -0.2) is 42.0 Å². The highest BCUT2D eigenvalue weighted by Gasteiger charge is 2.21. The summed E-state index contributed by atoms with van der Waals surface area (Å²) in [5.41, 5.74) is 4.58. The first-order chi connectivity index (χ1) is 20.7. The summed E-state index contributed by atoms with van der Waals surface area (Å²) < 4.78 is 5.91. The van der Waals surface area contributed by atoms with Gasteiger partial charge in [-0.05, 0) is 67.8 Å². The Morgan fingerprint density at radius 2 is 1.60 bits per heavy atom. The number of hydrogen-bond acceptors (Lipinski definition) is 5. The highest BCUT2D eigenvalue weighted by atomic mass is 16.5. The van der Waals surface area contributed by atoms with Crippen LogP contribution in [0.2, 0.25) is 0 Å². The smallest absolute Gasteiger partial charge is 0.326 e. The fraction of sp³-hybridized carbons (Fsp3) is 0.194. The van der Waals surface area contributed by atoms with Gasteiger partial charge in [0.05, 0.1) is 6.61 Å². The molecule has 0 spiro atoms. The van der Waals surface area contributed by atoms with Crippen LogP contribution in [0.4, 0.5) is 11.4 Å². The summed E-state index contributed by atoms with van der Waals surface area (Å²) in [7, 11) is 0. The quantitative estimate of drug-likeness (QED) is 0.0984. The van der Waals surface area contributed by atoms with E-state index in [1.54, 1.807) is 72.5 Å². The van der Waals surface area contributed by atoms with Gasteiger partial charge in [0.25, 0.3) is 5.91 Å². The zero-order valence-electron chi connectivity index (χ0n) is 24.5. The molecule has 1 atom stereocenters. The standard InChI is InChI=1S/C36H36N2O5/c1-25(2)35(40)38(29-14-9-11-26(3)23-29)21-10-22-43-30-19-17-27(18-20-30)24-33(36(41)42)37-32-16-8-7-15-31(32)34(39)28-12-5-4-6-13-28/h4-9,11-20,23,33,37H,1,10,21-22,24H2,2-3H3,(H,41,42)/t33-/m0/s1. The Bertz CT molecular complexity index is 1580. The largest absolute Gasteiger partial charge is 0.494 e. The maximum atomic E-state index is 13.1. The van der Waals surface area contributed by atoms with E-state index >= 15 is 0 Å². The van der Waals surface area contributed by atoms with E-state index in [4.69, 9.17) is 4.74 Å². The molecule has 7 heteroatoms. The molecule has 0 saturated heterocycles. The Hall–Kier alpha value is -5.17. The molecular weight excluding hydrogens is 540 g/mol. The molecule has 0 radical (unpaired) electrons. The van der Waals surface area contributed by atoms with E-state index in [-0.39, 0.29) is 18.1 Å². The van der Waals surface area contributed by atoms with Crippen LogP contribution in [0.15, 0.2) is 115 Å². The molecule has 4 aromatic rings. The third-order valence-corrected chi connectivity index (χ3v) is 6.92. The summed E-state index contributed by atoms with van der Waals surface area (Å²) in [5.74, 6) is -0.676. The number of amides is 1. The number of carbonyl (C=O) groups is 3. The second kappa shape index (κ2) is 14.6. The monoisotopic (exact) mass is 576 g/mol. The molecule has 0 fully saturated rings. The number of benzene rings is 4. The average molecular weight is 577 g/mol. The molecular formula is C36H36N2O5. The molecule has 2 N–H and O–H groups in total. The third kappa shape index (κ3) is 8.42. The summed E-state index contributed by atoms with van der Waals surface area (Å²) in [4.78, 5) is 39.7. The molecule has 0 saturated carbocycles. The van der Waals surface area contributed by atoms with Crippen molar-refractivity contribution in [3.05, 3.63) is 138 Å². The highest BCUT2D eigenvalue weighted by molar-refractivity contribution is 6.12. The lowest BCUT2D eigenvalue weighted by Crippen LogP contribution is -2.33. The van der Waals surface area contributed by atoms with Gasteiger partial charge in [-0.3, -0.25) is 9.59 Å². The second-order valence-corrected chi connectivity index (χ2v) is 10.4. The third-order valence-electron chi connectivity index (χ3n) is 6.92. The van der Waals surface area contributed by atoms with Crippen LogP contribution in [0.5, 0.6) is 5.75 Å². The number of rotatable bonds is 14. The zero-order valence-corrected chi connectivity index (χ0v) is 24.5. The van der Waals surface area contributed by atoms with Gasteiger partial charge in [-0.1, -0.05) is 73.3 Å². The van der Waals surface area contributed by atoms with Crippen molar-refractivity contribution in [3.8, 4) is 5.75 Å². The van der Waals surface area contributed by atoms with Crippen molar-refractivity contribution in [2.75, 3.05) is 23.4 Å². The molecule has 0 aliphatic rings. The molecule has 0 aromatic heterocycles. The number of carbonyl (C=O) groups excluding carboxylic acids is 2. The molecule has 4 rings (SSSR count). The average Bonchev–Trinajstić information content (AvgIpc) is 3.01. The number of nitrogens with one attached hydrogen (secondary N) is 1. The number of hydrogen-bond donors (Lipinski definition) is 2. The van der Waals surface area contributed by atoms with Gasteiger partial charge in [-0.25, -0.2) is 4.79 Å².